The average Bonchev–Trinajstić information content (AvgIpc) is 3.07. The van der Waals surface area contributed by atoms with Gasteiger partial charge in [0.15, 0.2) is 0 Å². The van der Waals surface area contributed by atoms with Gasteiger partial charge in [-0.05, 0) is 61.4 Å². The molecule has 2 aromatic carbocycles. The van der Waals surface area contributed by atoms with Crippen LogP contribution in [0.3, 0.4) is 0 Å². The van der Waals surface area contributed by atoms with Crippen molar-refractivity contribution in [3.05, 3.63) is 87.0 Å². The normalized spacial score (nSPS) is 11.0. The molecule has 0 aliphatic rings. The maximum absolute atomic E-state index is 12.3. The maximum atomic E-state index is 12.3. The molecule has 4 aromatic rings. The Bertz CT molecular complexity index is 1320. The molecule has 0 saturated carbocycles. The lowest BCUT2D eigenvalue weighted by Crippen LogP contribution is -2.23. The van der Waals surface area contributed by atoms with Crippen molar-refractivity contribution < 1.29 is 4.74 Å². The summed E-state index contributed by atoms with van der Waals surface area (Å²) in [5.41, 5.74) is 7.52. The largest absolute Gasteiger partial charge is 0.473 e. The minimum absolute atomic E-state index is 0.266. The Morgan fingerprint density at radius 1 is 0.935 bits per heavy atom. The summed E-state index contributed by atoms with van der Waals surface area (Å²) in [6, 6.07) is 16.2. The zero-order chi connectivity index (χ0) is 22.1. The van der Waals surface area contributed by atoms with Crippen LogP contribution in [0.15, 0.2) is 53.3 Å². The minimum atomic E-state index is -0.306. The van der Waals surface area contributed by atoms with Crippen molar-refractivity contribution >= 4 is 0 Å². The van der Waals surface area contributed by atoms with Crippen molar-refractivity contribution in [2.24, 2.45) is 7.05 Å². The van der Waals surface area contributed by atoms with Gasteiger partial charge in [0.05, 0.1) is 5.69 Å². The lowest BCUT2D eigenvalue weighted by Gasteiger charge is -2.15. The number of nitrogens with zero attached hydrogens (tertiary/aromatic N) is 5. The van der Waals surface area contributed by atoms with Crippen LogP contribution in [-0.4, -0.2) is 24.8 Å². The second-order valence-electron chi connectivity index (χ2n) is 7.77. The zero-order valence-electron chi connectivity index (χ0n) is 18.4. The summed E-state index contributed by atoms with van der Waals surface area (Å²) in [6.07, 6.45) is 0. The molecular formula is C24H25N5O2. The molecule has 7 nitrogen and oxygen atoms in total. The molecule has 0 aliphatic heterocycles. The highest BCUT2D eigenvalue weighted by Crippen LogP contribution is 2.29. The van der Waals surface area contributed by atoms with Gasteiger partial charge in [0.2, 0.25) is 5.88 Å². The number of aromatic nitrogens is 5. The van der Waals surface area contributed by atoms with Gasteiger partial charge in [-0.3, -0.25) is 0 Å². The van der Waals surface area contributed by atoms with Crippen molar-refractivity contribution in [1.29, 1.82) is 0 Å². The maximum Gasteiger partial charge on any atom is 0.368 e. The first-order valence-electron chi connectivity index (χ1n) is 10.1. The Kier molecular flexibility index (Phi) is 5.42. The molecule has 0 saturated heterocycles. The summed E-state index contributed by atoms with van der Waals surface area (Å²) in [4.78, 5) is 17.1. The summed E-state index contributed by atoms with van der Waals surface area (Å²) >= 11 is 0. The molecule has 158 valence electrons. The summed E-state index contributed by atoms with van der Waals surface area (Å²) in [5, 5.41) is 7.79. The Labute approximate surface area is 180 Å². The third kappa shape index (κ3) is 3.99. The Morgan fingerprint density at radius 3 is 2.42 bits per heavy atom. The van der Waals surface area contributed by atoms with Gasteiger partial charge < -0.3 is 4.74 Å². The fraction of sp³-hybridized carbons (Fsp3) is 0.250. The van der Waals surface area contributed by atoms with E-state index < -0.39 is 0 Å². The molecule has 0 spiro atoms. The van der Waals surface area contributed by atoms with E-state index in [9.17, 15) is 4.79 Å². The Morgan fingerprint density at radius 2 is 1.71 bits per heavy atom. The molecule has 0 aliphatic carbocycles. The van der Waals surface area contributed by atoms with E-state index in [0.29, 0.717) is 11.6 Å². The predicted molar refractivity (Wildman–Crippen MR) is 120 cm³/mol. The van der Waals surface area contributed by atoms with Gasteiger partial charge in [0.25, 0.3) is 0 Å². The van der Waals surface area contributed by atoms with E-state index in [1.807, 2.05) is 39.0 Å². The second-order valence-corrected chi connectivity index (χ2v) is 7.77. The number of rotatable bonds is 5. The molecule has 0 fully saturated rings. The highest BCUT2D eigenvalue weighted by Gasteiger charge is 2.15. The van der Waals surface area contributed by atoms with Gasteiger partial charge in [0, 0.05) is 29.4 Å². The summed E-state index contributed by atoms with van der Waals surface area (Å²) in [5.74, 6) is 0.578. The monoisotopic (exact) mass is 415 g/mol. The molecular weight excluding hydrogens is 390 g/mol. The van der Waals surface area contributed by atoms with Gasteiger partial charge in [-0.1, -0.05) is 42.0 Å². The van der Waals surface area contributed by atoms with Crippen LogP contribution in [0.4, 0.5) is 0 Å². The third-order valence-electron chi connectivity index (χ3n) is 5.37. The lowest BCUT2D eigenvalue weighted by molar-refractivity contribution is 0.290. The first-order valence-corrected chi connectivity index (χ1v) is 10.1. The van der Waals surface area contributed by atoms with Crippen LogP contribution in [0.5, 0.6) is 5.88 Å². The predicted octanol–water partition coefficient (Wildman–Crippen LogP) is 3.84. The van der Waals surface area contributed by atoms with Crippen molar-refractivity contribution in [3.8, 4) is 22.7 Å². The van der Waals surface area contributed by atoms with Crippen LogP contribution in [0.1, 0.15) is 27.9 Å². The third-order valence-corrected chi connectivity index (χ3v) is 5.37. The van der Waals surface area contributed by atoms with Crippen molar-refractivity contribution in [1.82, 2.24) is 24.8 Å². The number of hydrogen-bond donors (Lipinski definition) is 0. The van der Waals surface area contributed by atoms with Crippen LogP contribution in [0.25, 0.3) is 16.8 Å². The zero-order valence-corrected chi connectivity index (χ0v) is 18.4. The molecule has 7 heteroatoms. The number of benzene rings is 2. The number of pyridine rings is 1. The highest BCUT2D eigenvalue weighted by atomic mass is 16.5. The van der Waals surface area contributed by atoms with Gasteiger partial charge in [-0.2, -0.15) is 9.36 Å². The fourth-order valence-corrected chi connectivity index (χ4v) is 3.61. The van der Waals surface area contributed by atoms with Crippen molar-refractivity contribution in [2.75, 3.05) is 0 Å². The lowest BCUT2D eigenvalue weighted by atomic mass is 10.0. The minimum Gasteiger partial charge on any atom is -0.473 e. The smallest absolute Gasteiger partial charge is 0.368 e. The number of aryl methyl sites for hydroxylation is 5. The standard InChI is InChI=1S/C24H25N5O2/c1-15-8-6-10-19(12-15)20-13-17(3)23(25-18(20)4)31-14-21-16(2)9-7-11-22(21)29-24(30)28(5)26-27-29/h6-13H,14H2,1-5H3. The van der Waals surface area contributed by atoms with E-state index in [2.05, 4.69) is 47.7 Å². The van der Waals surface area contributed by atoms with E-state index >= 15 is 0 Å². The van der Waals surface area contributed by atoms with E-state index in [-0.39, 0.29) is 12.3 Å². The van der Waals surface area contributed by atoms with Crippen LogP contribution in [0.2, 0.25) is 0 Å². The van der Waals surface area contributed by atoms with E-state index in [4.69, 9.17) is 9.72 Å². The van der Waals surface area contributed by atoms with Gasteiger partial charge >= 0.3 is 5.69 Å². The van der Waals surface area contributed by atoms with Crippen LogP contribution in [-0.2, 0) is 13.7 Å². The number of tetrazole rings is 1. The average molecular weight is 415 g/mol. The van der Waals surface area contributed by atoms with E-state index in [1.165, 1.54) is 14.9 Å². The number of hydrogen-bond acceptors (Lipinski definition) is 5. The Hall–Kier alpha value is -3.74. The summed E-state index contributed by atoms with van der Waals surface area (Å²) in [6.45, 7) is 8.31. The van der Waals surface area contributed by atoms with E-state index in [1.54, 1.807) is 7.05 Å². The van der Waals surface area contributed by atoms with Crippen molar-refractivity contribution in [2.45, 2.75) is 34.3 Å². The molecule has 2 aromatic heterocycles. The molecule has 0 atom stereocenters. The van der Waals surface area contributed by atoms with Crippen molar-refractivity contribution in [3.63, 3.8) is 0 Å². The Balaban J connectivity index is 1.66. The topological polar surface area (TPSA) is 74.8 Å². The second kappa shape index (κ2) is 8.18. The fourth-order valence-electron chi connectivity index (χ4n) is 3.61. The summed E-state index contributed by atoms with van der Waals surface area (Å²) < 4.78 is 8.62. The SMILES string of the molecule is Cc1cccc(-c2cc(C)c(OCc3c(C)cccc3-n3nnn(C)c3=O)nc2C)c1. The van der Waals surface area contributed by atoms with Crippen LogP contribution in [0, 0.1) is 27.7 Å². The molecule has 31 heavy (non-hydrogen) atoms. The first kappa shape index (κ1) is 20.5. The molecule has 0 unspecified atom stereocenters. The molecule has 2 heterocycles. The summed E-state index contributed by atoms with van der Waals surface area (Å²) in [7, 11) is 1.57. The molecule has 4 rings (SSSR count). The molecule has 0 bridgehead atoms. The quantitative estimate of drug-likeness (QED) is 0.495. The molecule has 0 N–H and O–H groups in total. The van der Waals surface area contributed by atoms with Gasteiger partial charge in [-0.15, -0.1) is 0 Å². The molecule has 0 radical (unpaired) electrons. The van der Waals surface area contributed by atoms with E-state index in [0.717, 1.165) is 33.5 Å². The molecule has 0 amide bonds. The first-order chi connectivity index (χ1) is 14.8. The number of ether oxygens (including phenoxy) is 1. The highest BCUT2D eigenvalue weighted by molar-refractivity contribution is 5.67. The van der Waals surface area contributed by atoms with Crippen LogP contribution < -0.4 is 10.4 Å². The van der Waals surface area contributed by atoms with Gasteiger partial charge in [-0.25, -0.2) is 9.78 Å². The van der Waals surface area contributed by atoms with Crippen LogP contribution >= 0.6 is 0 Å². The van der Waals surface area contributed by atoms with Gasteiger partial charge in [0.1, 0.15) is 6.61 Å².